The van der Waals surface area contributed by atoms with Crippen LogP contribution in [-0.4, -0.2) is 16.1 Å². The van der Waals surface area contributed by atoms with Crippen molar-refractivity contribution < 1.29 is 0 Å². The molecule has 1 N–H and O–H groups in total. The maximum Gasteiger partial charge on any atom is 0.105 e. The van der Waals surface area contributed by atoms with Gasteiger partial charge in [0.15, 0.2) is 0 Å². The Hall–Kier alpha value is -1.13. The minimum absolute atomic E-state index is 0.961. The normalized spacial score (nSPS) is 10.9. The van der Waals surface area contributed by atoms with Gasteiger partial charge in [-0.25, -0.2) is 4.98 Å². The van der Waals surface area contributed by atoms with E-state index in [1.165, 1.54) is 11.1 Å². The molecule has 2 aromatic heterocycles. The van der Waals surface area contributed by atoms with Gasteiger partial charge >= 0.3 is 0 Å². The second-order valence-electron chi connectivity index (χ2n) is 3.92. The number of nitrogens with zero attached hydrogens (tertiary/aromatic N) is 2. The predicted molar refractivity (Wildman–Crippen MR) is 67.7 cm³/mol. The van der Waals surface area contributed by atoms with E-state index in [0.29, 0.717) is 0 Å². The molecule has 0 fully saturated rings. The molecule has 0 amide bonds. The molecule has 0 aliphatic carbocycles. The van der Waals surface area contributed by atoms with Crippen LogP contribution in [0.25, 0.3) is 0 Å². The van der Waals surface area contributed by atoms with Gasteiger partial charge in [0.05, 0.1) is 0 Å². The van der Waals surface area contributed by atoms with Crippen LogP contribution in [0.3, 0.4) is 0 Å². The van der Waals surface area contributed by atoms with Crippen LogP contribution in [0, 0.1) is 13.8 Å². The van der Waals surface area contributed by atoms with E-state index in [0.717, 1.165) is 25.5 Å². The number of rotatable bonds is 5. The van der Waals surface area contributed by atoms with Crippen LogP contribution in [-0.2, 0) is 13.1 Å². The standard InChI is InChI=1S/C12H17N3S/c1-10-8-16-9-12(10)7-13-3-5-15-6-4-14-11(15)2/h4,6,8-9,13H,3,5,7H2,1-2H3. The third kappa shape index (κ3) is 2.71. The van der Waals surface area contributed by atoms with Gasteiger partial charge in [0, 0.05) is 32.0 Å². The Labute approximate surface area is 100 Å². The van der Waals surface area contributed by atoms with E-state index in [9.17, 15) is 0 Å². The molecule has 2 rings (SSSR count). The van der Waals surface area contributed by atoms with Gasteiger partial charge in [0.25, 0.3) is 0 Å². The predicted octanol–water partition coefficient (Wildman–Crippen LogP) is 2.35. The first-order valence-corrected chi connectivity index (χ1v) is 6.42. The molecule has 0 radical (unpaired) electrons. The van der Waals surface area contributed by atoms with Gasteiger partial charge in [-0.05, 0) is 35.7 Å². The maximum atomic E-state index is 4.20. The molecule has 16 heavy (non-hydrogen) atoms. The van der Waals surface area contributed by atoms with Crippen LogP contribution in [0.4, 0.5) is 0 Å². The van der Waals surface area contributed by atoms with Crippen LogP contribution < -0.4 is 5.32 Å². The third-order valence-electron chi connectivity index (χ3n) is 2.73. The van der Waals surface area contributed by atoms with Crippen molar-refractivity contribution >= 4 is 11.3 Å². The summed E-state index contributed by atoms with van der Waals surface area (Å²) >= 11 is 1.77. The molecule has 3 nitrogen and oxygen atoms in total. The first kappa shape index (κ1) is 11.4. The van der Waals surface area contributed by atoms with Crippen molar-refractivity contribution in [2.75, 3.05) is 6.54 Å². The SMILES string of the molecule is Cc1cscc1CNCCn1ccnc1C. The summed E-state index contributed by atoms with van der Waals surface area (Å²) in [5.41, 5.74) is 2.80. The summed E-state index contributed by atoms with van der Waals surface area (Å²) in [7, 11) is 0. The Morgan fingerprint density at radius 3 is 2.88 bits per heavy atom. The average molecular weight is 235 g/mol. The third-order valence-corrected chi connectivity index (χ3v) is 3.64. The summed E-state index contributed by atoms with van der Waals surface area (Å²) in [4.78, 5) is 4.20. The Bertz CT molecular complexity index is 402. The van der Waals surface area contributed by atoms with Crippen molar-refractivity contribution in [1.82, 2.24) is 14.9 Å². The summed E-state index contributed by atoms with van der Waals surface area (Å²) in [6, 6.07) is 0. The Kier molecular flexibility index (Phi) is 3.74. The van der Waals surface area contributed by atoms with E-state index >= 15 is 0 Å². The number of hydrogen-bond donors (Lipinski definition) is 1. The zero-order chi connectivity index (χ0) is 11.4. The summed E-state index contributed by atoms with van der Waals surface area (Å²) in [5.74, 6) is 1.08. The highest BCUT2D eigenvalue weighted by molar-refractivity contribution is 7.08. The summed E-state index contributed by atoms with van der Waals surface area (Å²) in [5, 5.41) is 7.86. The van der Waals surface area contributed by atoms with Crippen molar-refractivity contribution in [3.63, 3.8) is 0 Å². The van der Waals surface area contributed by atoms with E-state index < -0.39 is 0 Å². The van der Waals surface area contributed by atoms with Gasteiger partial charge in [0.2, 0.25) is 0 Å². The highest BCUT2D eigenvalue weighted by atomic mass is 32.1. The number of hydrogen-bond acceptors (Lipinski definition) is 3. The number of thiophene rings is 1. The molecule has 0 aliphatic rings. The molecule has 0 unspecified atom stereocenters. The van der Waals surface area contributed by atoms with E-state index in [-0.39, 0.29) is 0 Å². The Morgan fingerprint density at radius 1 is 1.38 bits per heavy atom. The van der Waals surface area contributed by atoms with Crippen molar-refractivity contribution in [2.45, 2.75) is 26.9 Å². The largest absolute Gasteiger partial charge is 0.334 e. The smallest absolute Gasteiger partial charge is 0.105 e. The molecular formula is C12H17N3S. The highest BCUT2D eigenvalue weighted by Gasteiger charge is 1.99. The molecular weight excluding hydrogens is 218 g/mol. The lowest BCUT2D eigenvalue weighted by atomic mass is 10.2. The van der Waals surface area contributed by atoms with E-state index in [1.807, 2.05) is 19.3 Å². The molecule has 0 saturated carbocycles. The fourth-order valence-corrected chi connectivity index (χ4v) is 2.49. The fourth-order valence-electron chi connectivity index (χ4n) is 1.63. The summed E-state index contributed by atoms with van der Waals surface area (Å²) < 4.78 is 2.16. The average Bonchev–Trinajstić information content (AvgIpc) is 2.84. The lowest BCUT2D eigenvalue weighted by Crippen LogP contribution is -2.19. The molecule has 0 atom stereocenters. The van der Waals surface area contributed by atoms with Crippen LogP contribution in [0.1, 0.15) is 17.0 Å². The second kappa shape index (κ2) is 5.27. The number of aromatic nitrogens is 2. The lowest BCUT2D eigenvalue weighted by molar-refractivity contribution is 0.587. The minimum Gasteiger partial charge on any atom is -0.334 e. The van der Waals surface area contributed by atoms with Crippen LogP contribution >= 0.6 is 11.3 Å². The summed E-state index contributed by atoms with van der Waals surface area (Å²) in [6.45, 7) is 7.11. The first-order valence-electron chi connectivity index (χ1n) is 5.47. The van der Waals surface area contributed by atoms with E-state index in [4.69, 9.17) is 0 Å². The quantitative estimate of drug-likeness (QED) is 0.806. The minimum atomic E-state index is 0.961. The molecule has 0 aromatic carbocycles. The molecule has 0 aliphatic heterocycles. The zero-order valence-corrected chi connectivity index (χ0v) is 10.5. The lowest BCUT2D eigenvalue weighted by Gasteiger charge is -2.06. The van der Waals surface area contributed by atoms with Crippen molar-refractivity contribution in [3.8, 4) is 0 Å². The van der Waals surface area contributed by atoms with Crippen LogP contribution in [0.2, 0.25) is 0 Å². The van der Waals surface area contributed by atoms with Crippen molar-refractivity contribution in [2.24, 2.45) is 0 Å². The van der Waals surface area contributed by atoms with Crippen molar-refractivity contribution in [1.29, 1.82) is 0 Å². The number of aryl methyl sites for hydroxylation is 2. The molecule has 2 heterocycles. The fraction of sp³-hybridized carbons (Fsp3) is 0.417. The van der Waals surface area contributed by atoms with Gasteiger partial charge in [-0.3, -0.25) is 0 Å². The highest BCUT2D eigenvalue weighted by Crippen LogP contribution is 2.12. The van der Waals surface area contributed by atoms with E-state index in [1.54, 1.807) is 11.3 Å². The van der Waals surface area contributed by atoms with Gasteiger partial charge < -0.3 is 9.88 Å². The van der Waals surface area contributed by atoms with Crippen molar-refractivity contribution in [3.05, 3.63) is 40.1 Å². The monoisotopic (exact) mass is 235 g/mol. The van der Waals surface area contributed by atoms with Gasteiger partial charge in [-0.15, -0.1) is 0 Å². The Balaban J connectivity index is 1.74. The number of imidazole rings is 1. The first-order chi connectivity index (χ1) is 7.77. The topological polar surface area (TPSA) is 29.9 Å². The Morgan fingerprint density at radius 2 is 2.25 bits per heavy atom. The summed E-state index contributed by atoms with van der Waals surface area (Å²) in [6.07, 6.45) is 3.87. The second-order valence-corrected chi connectivity index (χ2v) is 4.67. The van der Waals surface area contributed by atoms with Gasteiger partial charge in [-0.1, -0.05) is 0 Å². The van der Waals surface area contributed by atoms with Crippen LogP contribution in [0.15, 0.2) is 23.2 Å². The molecule has 86 valence electrons. The van der Waals surface area contributed by atoms with E-state index in [2.05, 4.69) is 32.6 Å². The van der Waals surface area contributed by atoms with Gasteiger partial charge in [-0.2, -0.15) is 11.3 Å². The molecule has 0 spiro atoms. The maximum absolute atomic E-state index is 4.20. The zero-order valence-electron chi connectivity index (χ0n) is 9.73. The molecule has 4 heteroatoms. The van der Waals surface area contributed by atoms with Gasteiger partial charge in [0.1, 0.15) is 5.82 Å². The molecule has 2 aromatic rings. The van der Waals surface area contributed by atoms with Crippen LogP contribution in [0.5, 0.6) is 0 Å². The molecule has 0 bridgehead atoms. The molecule has 0 saturated heterocycles. The number of nitrogens with one attached hydrogen (secondary N) is 1.